The number of likely N-dealkylation sites (N-methyl/N-ethyl adjacent to an activating group) is 1. The van der Waals surface area contributed by atoms with Crippen LogP contribution in [-0.4, -0.2) is 45.4 Å². The lowest BCUT2D eigenvalue weighted by atomic mass is 9.78. The van der Waals surface area contributed by atoms with E-state index in [0.29, 0.717) is 5.75 Å². The van der Waals surface area contributed by atoms with Crippen LogP contribution >= 0.6 is 24.8 Å². The maximum absolute atomic E-state index is 11.1. The molecule has 3 rings (SSSR count). The van der Waals surface area contributed by atoms with Gasteiger partial charge in [-0.15, -0.1) is 24.8 Å². The second-order valence-corrected chi connectivity index (χ2v) is 10.2. The maximum Gasteiger partial charge on any atom is 0.158 e. The van der Waals surface area contributed by atoms with Crippen LogP contribution < -0.4 is 0 Å². The summed E-state index contributed by atoms with van der Waals surface area (Å²) in [5.74, 6) is 0.392. The third-order valence-corrected chi connectivity index (χ3v) is 5.27. The van der Waals surface area contributed by atoms with Gasteiger partial charge in [-0.05, 0) is 49.2 Å². The van der Waals surface area contributed by atoms with E-state index in [0.717, 1.165) is 46.5 Å². The van der Waals surface area contributed by atoms with Gasteiger partial charge in [-0.3, -0.25) is 0 Å². The lowest BCUT2D eigenvalue weighted by Crippen LogP contribution is -2.19. The molecule has 0 aliphatic carbocycles. The summed E-state index contributed by atoms with van der Waals surface area (Å²) in [4.78, 5) is 6.74. The number of phenolic OH excluding ortho intramolecular Hbond substituents is 1. The molecule has 5 nitrogen and oxygen atoms in total. The maximum atomic E-state index is 11.1. The van der Waals surface area contributed by atoms with Gasteiger partial charge in [0.15, 0.2) is 5.65 Å². The van der Waals surface area contributed by atoms with E-state index in [-0.39, 0.29) is 35.6 Å². The number of aromatic nitrogens is 3. The molecule has 0 atom stereocenters. The molecule has 1 N–H and O–H groups in total. The standard InChI is InChI=1S/C24H34N4O.2ClH/c1-23(2,3)18-14-16(15-19(21(18)29)24(4,5)6)20-17-10-9-11-25-22(17)28(26-20)13-12-27(7)8;;/h9-11,14-15,29H,12-13H2,1-8H3;2*1H. The number of nitrogens with zero attached hydrogens (tertiary/aromatic N) is 4. The number of hydrogen-bond donors (Lipinski definition) is 1. The second kappa shape index (κ2) is 9.76. The van der Waals surface area contributed by atoms with Crippen LogP contribution in [0.25, 0.3) is 22.3 Å². The average Bonchev–Trinajstić information content (AvgIpc) is 2.97. The third kappa shape index (κ3) is 5.71. The normalized spacial score (nSPS) is 12.0. The molecule has 0 unspecified atom stereocenters. The highest BCUT2D eigenvalue weighted by Gasteiger charge is 2.28. The Morgan fingerprint density at radius 3 is 2.00 bits per heavy atom. The molecule has 2 aromatic heterocycles. The number of fused-ring (bicyclic) bond motifs is 1. The van der Waals surface area contributed by atoms with Gasteiger partial charge in [-0.2, -0.15) is 5.10 Å². The Morgan fingerprint density at radius 1 is 0.968 bits per heavy atom. The van der Waals surface area contributed by atoms with Crippen molar-refractivity contribution in [3.8, 4) is 17.0 Å². The molecule has 0 saturated carbocycles. The van der Waals surface area contributed by atoms with Crippen LogP contribution in [0.5, 0.6) is 5.75 Å². The number of halogens is 2. The van der Waals surface area contributed by atoms with Crippen molar-refractivity contribution >= 4 is 35.8 Å². The summed E-state index contributed by atoms with van der Waals surface area (Å²) in [6.07, 6.45) is 1.82. The van der Waals surface area contributed by atoms with Gasteiger partial charge in [0, 0.05) is 34.8 Å². The average molecular weight is 467 g/mol. The van der Waals surface area contributed by atoms with E-state index in [1.165, 1.54) is 0 Å². The number of benzene rings is 1. The number of aromatic hydroxyl groups is 1. The van der Waals surface area contributed by atoms with E-state index in [9.17, 15) is 5.11 Å². The molecule has 31 heavy (non-hydrogen) atoms. The van der Waals surface area contributed by atoms with Crippen molar-refractivity contribution in [3.63, 3.8) is 0 Å². The Morgan fingerprint density at radius 2 is 1.52 bits per heavy atom. The van der Waals surface area contributed by atoms with Gasteiger partial charge in [0.05, 0.1) is 6.54 Å². The summed E-state index contributed by atoms with van der Waals surface area (Å²) in [5, 5.41) is 17.0. The van der Waals surface area contributed by atoms with Crippen LogP contribution in [0.4, 0.5) is 0 Å². The zero-order chi connectivity index (χ0) is 21.6. The van der Waals surface area contributed by atoms with Gasteiger partial charge >= 0.3 is 0 Å². The molecular formula is C24H36Cl2N4O. The van der Waals surface area contributed by atoms with Crippen LogP contribution in [0.3, 0.4) is 0 Å². The van der Waals surface area contributed by atoms with Gasteiger partial charge < -0.3 is 10.0 Å². The molecule has 0 aliphatic heterocycles. The summed E-state index contributed by atoms with van der Waals surface area (Å²) in [6, 6.07) is 8.22. The molecule has 172 valence electrons. The fourth-order valence-electron chi connectivity index (χ4n) is 3.59. The zero-order valence-electron chi connectivity index (χ0n) is 19.9. The Kier molecular flexibility index (Phi) is 8.57. The van der Waals surface area contributed by atoms with Crippen molar-refractivity contribution in [2.24, 2.45) is 0 Å². The zero-order valence-corrected chi connectivity index (χ0v) is 21.5. The highest BCUT2D eigenvalue weighted by Crippen LogP contribution is 2.42. The first-order valence-electron chi connectivity index (χ1n) is 10.2. The Balaban J connectivity index is 0.00000240. The fourth-order valence-corrected chi connectivity index (χ4v) is 3.59. The first-order chi connectivity index (χ1) is 13.4. The van der Waals surface area contributed by atoms with Crippen molar-refractivity contribution in [3.05, 3.63) is 41.6 Å². The van der Waals surface area contributed by atoms with E-state index in [1.54, 1.807) is 0 Å². The molecule has 0 spiro atoms. The second-order valence-electron chi connectivity index (χ2n) is 10.2. The van der Waals surface area contributed by atoms with Crippen LogP contribution in [-0.2, 0) is 17.4 Å². The van der Waals surface area contributed by atoms with Gasteiger partial charge in [0.2, 0.25) is 0 Å². The van der Waals surface area contributed by atoms with Crippen molar-refractivity contribution in [1.29, 1.82) is 0 Å². The predicted molar refractivity (Wildman–Crippen MR) is 135 cm³/mol. The molecule has 0 bridgehead atoms. The minimum absolute atomic E-state index is 0. The van der Waals surface area contributed by atoms with Crippen molar-refractivity contribution in [1.82, 2.24) is 19.7 Å². The lowest BCUT2D eigenvalue weighted by molar-refractivity contribution is 0.376. The number of hydrogen-bond acceptors (Lipinski definition) is 4. The Labute approximate surface area is 198 Å². The van der Waals surface area contributed by atoms with Crippen LogP contribution in [0, 0.1) is 0 Å². The summed E-state index contributed by atoms with van der Waals surface area (Å²) >= 11 is 0. The summed E-state index contributed by atoms with van der Waals surface area (Å²) in [7, 11) is 4.12. The molecular weight excluding hydrogens is 431 g/mol. The summed E-state index contributed by atoms with van der Waals surface area (Å²) in [5.41, 5.74) is 4.37. The van der Waals surface area contributed by atoms with Crippen LogP contribution in [0.15, 0.2) is 30.5 Å². The quantitative estimate of drug-likeness (QED) is 0.527. The molecule has 1 aromatic carbocycles. The Hall–Kier alpha value is -1.82. The molecule has 0 saturated heterocycles. The first-order valence-corrected chi connectivity index (χ1v) is 10.2. The molecule has 3 aromatic rings. The highest BCUT2D eigenvalue weighted by atomic mass is 35.5. The van der Waals surface area contributed by atoms with Gasteiger partial charge in [0.25, 0.3) is 0 Å². The van der Waals surface area contributed by atoms with E-state index in [4.69, 9.17) is 5.10 Å². The minimum Gasteiger partial charge on any atom is -0.507 e. The van der Waals surface area contributed by atoms with E-state index in [2.05, 4.69) is 83.7 Å². The van der Waals surface area contributed by atoms with Gasteiger partial charge in [-0.1, -0.05) is 41.5 Å². The van der Waals surface area contributed by atoms with Gasteiger partial charge in [-0.25, -0.2) is 9.67 Å². The predicted octanol–water partition coefficient (Wildman–Crippen LogP) is 5.80. The first kappa shape index (κ1) is 27.2. The molecule has 7 heteroatoms. The van der Waals surface area contributed by atoms with E-state index >= 15 is 0 Å². The lowest BCUT2D eigenvalue weighted by Gasteiger charge is -2.28. The SMILES string of the molecule is CN(C)CCn1nc(-c2cc(C(C)(C)C)c(O)c(C(C)(C)C)c2)c2cccnc21.Cl.Cl. The molecule has 2 heterocycles. The van der Waals surface area contributed by atoms with Crippen LogP contribution in [0.1, 0.15) is 52.7 Å². The van der Waals surface area contributed by atoms with E-state index in [1.807, 2.05) is 16.9 Å². The smallest absolute Gasteiger partial charge is 0.158 e. The van der Waals surface area contributed by atoms with E-state index < -0.39 is 0 Å². The topological polar surface area (TPSA) is 54.2 Å². The van der Waals surface area contributed by atoms with Crippen molar-refractivity contribution < 1.29 is 5.11 Å². The monoisotopic (exact) mass is 466 g/mol. The molecule has 0 aliphatic rings. The molecule has 0 fully saturated rings. The number of rotatable bonds is 4. The largest absolute Gasteiger partial charge is 0.507 e. The molecule has 0 amide bonds. The van der Waals surface area contributed by atoms with Crippen molar-refractivity contribution in [2.45, 2.75) is 58.9 Å². The summed E-state index contributed by atoms with van der Waals surface area (Å²) < 4.78 is 1.99. The highest BCUT2D eigenvalue weighted by molar-refractivity contribution is 5.91. The number of phenols is 1. The molecule has 0 radical (unpaired) electrons. The van der Waals surface area contributed by atoms with Crippen molar-refractivity contribution in [2.75, 3.05) is 20.6 Å². The third-order valence-electron chi connectivity index (χ3n) is 5.27. The fraction of sp³-hybridized carbons (Fsp3) is 0.500. The van der Waals surface area contributed by atoms with Gasteiger partial charge in [0.1, 0.15) is 11.4 Å². The minimum atomic E-state index is -0.179. The number of pyridine rings is 1. The Bertz CT molecular complexity index is 995. The van der Waals surface area contributed by atoms with Crippen LogP contribution in [0.2, 0.25) is 0 Å². The summed E-state index contributed by atoms with van der Waals surface area (Å²) in [6.45, 7) is 14.5.